The number of aromatic nitrogens is 6. The molecule has 0 unspecified atom stereocenters. The lowest BCUT2D eigenvalue weighted by molar-refractivity contribution is -0.155. The molecule has 0 bridgehead atoms. The van der Waals surface area contributed by atoms with Crippen molar-refractivity contribution < 1.29 is 23.8 Å². The Labute approximate surface area is 240 Å². The standard InChI is InChI=1S/C29H28N8O5/c1-16-13-32-35-37(16)19-5-6-20-21-15-31-27(34-24(21)28(3,4)42-23(20)12-19)33-18-11-22-25(30-14-18)40-10-9-36(22)26(39)29(7-8-29)41-17(2)38/h5-6,11-15H,7-10H2,1-4H3,(H,31,33,34). The molecular weight excluding hydrogens is 540 g/mol. The normalized spacial score (nSPS) is 17.1. The van der Waals surface area contributed by atoms with E-state index in [0.29, 0.717) is 54.9 Å². The Kier molecular flexibility index (Phi) is 5.68. The molecule has 5 heterocycles. The first kappa shape index (κ1) is 25.9. The minimum absolute atomic E-state index is 0.272. The summed E-state index contributed by atoms with van der Waals surface area (Å²) in [6.45, 7) is 7.77. The van der Waals surface area contributed by atoms with Crippen molar-refractivity contribution in [2.24, 2.45) is 0 Å². The molecule has 2 aliphatic heterocycles. The summed E-state index contributed by atoms with van der Waals surface area (Å²) < 4.78 is 19.3. The fourth-order valence-electron chi connectivity index (χ4n) is 5.41. The van der Waals surface area contributed by atoms with Gasteiger partial charge in [0.1, 0.15) is 23.6 Å². The van der Waals surface area contributed by atoms with Crippen molar-refractivity contribution in [2.45, 2.75) is 51.7 Å². The summed E-state index contributed by atoms with van der Waals surface area (Å²) in [4.78, 5) is 40.4. The molecule has 3 aromatic heterocycles. The monoisotopic (exact) mass is 568 g/mol. The van der Waals surface area contributed by atoms with Crippen LogP contribution in [0.5, 0.6) is 11.6 Å². The second-order valence-corrected chi connectivity index (χ2v) is 11.1. The van der Waals surface area contributed by atoms with E-state index in [1.165, 1.54) is 6.92 Å². The third-order valence-electron chi connectivity index (χ3n) is 7.55. The lowest BCUT2D eigenvalue weighted by Gasteiger charge is -2.34. The average Bonchev–Trinajstić information content (AvgIpc) is 3.61. The van der Waals surface area contributed by atoms with E-state index in [2.05, 4.69) is 25.6 Å². The topological polar surface area (TPSA) is 146 Å². The highest BCUT2D eigenvalue weighted by atomic mass is 16.6. The van der Waals surface area contributed by atoms with E-state index >= 15 is 0 Å². The highest BCUT2D eigenvalue weighted by Gasteiger charge is 2.56. The number of ether oxygens (including phenoxy) is 3. The Morgan fingerprint density at radius 1 is 1.07 bits per heavy atom. The van der Waals surface area contributed by atoms with Crippen LogP contribution in [0.15, 0.2) is 42.9 Å². The summed E-state index contributed by atoms with van der Waals surface area (Å²) in [5.41, 5.74) is 3.42. The quantitative estimate of drug-likeness (QED) is 0.352. The van der Waals surface area contributed by atoms with Crippen molar-refractivity contribution in [1.82, 2.24) is 29.9 Å². The van der Waals surface area contributed by atoms with Gasteiger partial charge in [-0.3, -0.25) is 9.59 Å². The maximum Gasteiger partial charge on any atom is 0.303 e. The smallest absolute Gasteiger partial charge is 0.303 e. The van der Waals surface area contributed by atoms with Crippen molar-refractivity contribution in [1.29, 1.82) is 0 Å². The highest BCUT2D eigenvalue weighted by molar-refractivity contribution is 6.03. The van der Waals surface area contributed by atoms with Crippen molar-refractivity contribution in [3.05, 3.63) is 54.2 Å². The minimum Gasteiger partial charge on any atom is -0.481 e. The van der Waals surface area contributed by atoms with Gasteiger partial charge in [-0.1, -0.05) is 5.21 Å². The van der Waals surface area contributed by atoms with Crippen LogP contribution in [-0.2, 0) is 19.9 Å². The van der Waals surface area contributed by atoms with Gasteiger partial charge in [0.05, 0.1) is 41.7 Å². The zero-order valence-electron chi connectivity index (χ0n) is 23.5. The van der Waals surface area contributed by atoms with Crippen LogP contribution in [0.2, 0.25) is 0 Å². The molecule has 3 aliphatic rings. The highest BCUT2D eigenvalue weighted by Crippen LogP contribution is 2.46. The van der Waals surface area contributed by atoms with Crippen molar-refractivity contribution in [3.8, 4) is 28.4 Å². The summed E-state index contributed by atoms with van der Waals surface area (Å²) in [5, 5.41) is 11.3. The number of hydrogen-bond acceptors (Lipinski definition) is 11. The number of nitrogens with zero attached hydrogens (tertiary/aromatic N) is 7. The van der Waals surface area contributed by atoms with Gasteiger partial charge < -0.3 is 24.4 Å². The summed E-state index contributed by atoms with van der Waals surface area (Å²) >= 11 is 0. The molecular formula is C29H28N8O5. The second kappa shape index (κ2) is 9.23. The molecule has 13 heteroatoms. The number of rotatable bonds is 5. The fourth-order valence-corrected chi connectivity index (χ4v) is 5.41. The largest absolute Gasteiger partial charge is 0.481 e. The van der Waals surface area contributed by atoms with Crippen LogP contribution >= 0.6 is 0 Å². The molecule has 1 aliphatic carbocycles. The van der Waals surface area contributed by atoms with Crippen LogP contribution in [0.4, 0.5) is 17.3 Å². The van der Waals surface area contributed by atoms with Gasteiger partial charge in [-0.25, -0.2) is 19.6 Å². The Bertz CT molecular complexity index is 1760. The first-order valence-electron chi connectivity index (χ1n) is 13.6. The van der Waals surface area contributed by atoms with Gasteiger partial charge in [-0.2, -0.15) is 0 Å². The third-order valence-corrected chi connectivity index (χ3v) is 7.55. The van der Waals surface area contributed by atoms with E-state index in [9.17, 15) is 9.59 Å². The molecule has 214 valence electrons. The summed E-state index contributed by atoms with van der Waals surface area (Å²) in [6, 6.07) is 7.63. The zero-order valence-corrected chi connectivity index (χ0v) is 23.5. The van der Waals surface area contributed by atoms with E-state index < -0.39 is 17.2 Å². The predicted molar refractivity (Wildman–Crippen MR) is 150 cm³/mol. The molecule has 1 N–H and O–H groups in total. The molecule has 1 fully saturated rings. The second-order valence-electron chi connectivity index (χ2n) is 11.1. The summed E-state index contributed by atoms with van der Waals surface area (Å²) in [7, 11) is 0. The molecule has 0 radical (unpaired) electrons. The van der Waals surface area contributed by atoms with Gasteiger partial charge >= 0.3 is 5.97 Å². The first-order chi connectivity index (χ1) is 20.1. The van der Waals surface area contributed by atoms with E-state index in [-0.39, 0.29) is 5.91 Å². The number of amides is 1. The lowest BCUT2D eigenvalue weighted by Crippen LogP contribution is -2.46. The van der Waals surface area contributed by atoms with Crippen LogP contribution in [-0.4, -0.2) is 60.6 Å². The number of aryl methyl sites for hydroxylation is 1. The molecule has 0 saturated heterocycles. The van der Waals surface area contributed by atoms with Gasteiger partial charge in [0.15, 0.2) is 5.60 Å². The van der Waals surface area contributed by atoms with Gasteiger partial charge in [0, 0.05) is 43.2 Å². The number of carbonyl (C=O) groups excluding carboxylic acids is 2. The third kappa shape index (κ3) is 4.28. The number of anilines is 3. The molecule has 4 aromatic rings. The van der Waals surface area contributed by atoms with Gasteiger partial charge in [-0.15, -0.1) is 5.10 Å². The summed E-state index contributed by atoms with van der Waals surface area (Å²) in [6.07, 6.45) is 6.06. The van der Waals surface area contributed by atoms with Crippen LogP contribution in [0.3, 0.4) is 0 Å². The minimum atomic E-state index is -1.11. The van der Waals surface area contributed by atoms with Crippen molar-refractivity contribution in [2.75, 3.05) is 23.4 Å². The van der Waals surface area contributed by atoms with E-state index in [1.54, 1.807) is 34.2 Å². The van der Waals surface area contributed by atoms with E-state index in [4.69, 9.17) is 19.2 Å². The van der Waals surface area contributed by atoms with Gasteiger partial charge in [0.25, 0.3) is 5.91 Å². The molecule has 42 heavy (non-hydrogen) atoms. The van der Waals surface area contributed by atoms with E-state index in [0.717, 1.165) is 28.2 Å². The first-order valence-corrected chi connectivity index (χ1v) is 13.6. The molecule has 0 atom stereocenters. The molecule has 0 spiro atoms. The van der Waals surface area contributed by atoms with E-state index in [1.807, 2.05) is 39.0 Å². The summed E-state index contributed by atoms with van der Waals surface area (Å²) in [5.74, 6) is 0.629. The SMILES string of the molecule is CC(=O)OC1(C(=O)N2CCOc3ncc(Nc4ncc5c(n4)C(C)(C)Oc4cc(-n6nncc6C)ccc4-5)cc32)CC1. The number of pyridine rings is 1. The number of carbonyl (C=O) groups is 2. The molecule has 7 rings (SSSR count). The maximum atomic E-state index is 13.4. The number of benzene rings is 1. The Balaban J connectivity index is 1.18. The predicted octanol–water partition coefficient (Wildman–Crippen LogP) is 3.62. The Morgan fingerprint density at radius 3 is 2.64 bits per heavy atom. The Hall–Kier alpha value is -5.07. The Morgan fingerprint density at radius 2 is 1.90 bits per heavy atom. The van der Waals surface area contributed by atoms with Crippen LogP contribution in [0, 0.1) is 6.92 Å². The van der Waals surface area contributed by atoms with Gasteiger partial charge in [0.2, 0.25) is 11.8 Å². The maximum absolute atomic E-state index is 13.4. The lowest BCUT2D eigenvalue weighted by atomic mass is 9.91. The number of fused-ring (bicyclic) bond motifs is 4. The molecule has 1 aromatic carbocycles. The van der Waals surface area contributed by atoms with Crippen molar-refractivity contribution >= 4 is 29.2 Å². The van der Waals surface area contributed by atoms with Crippen LogP contribution in [0.1, 0.15) is 45.0 Å². The van der Waals surface area contributed by atoms with Crippen molar-refractivity contribution in [3.63, 3.8) is 0 Å². The number of nitrogens with one attached hydrogen (secondary N) is 1. The number of hydrogen-bond donors (Lipinski definition) is 1. The van der Waals surface area contributed by atoms with Gasteiger partial charge in [-0.05, 0) is 39.0 Å². The van der Waals surface area contributed by atoms with Crippen LogP contribution in [0.25, 0.3) is 16.8 Å². The molecule has 13 nitrogen and oxygen atoms in total. The zero-order chi connectivity index (χ0) is 29.2. The average molecular weight is 569 g/mol. The molecule has 1 saturated carbocycles. The fraction of sp³-hybridized carbons (Fsp3) is 0.345. The number of esters is 1. The van der Waals surface area contributed by atoms with Crippen LogP contribution < -0.4 is 19.7 Å². The molecule has 1 amide bonds.